The predicted molar refractivity (Wildman–Crippen MR) is 205 cm³/mol. The van der Waals surface area contributed by atoms with E-state index in [1.807, 2.05) is 0 Å². The lowest BCUT2D eigenvalue weighted by molar-refractivity contribution is -0.152. The highest BCUT2D eigenvalue weighted by atomic mass is 16.6. The van der Waals surface area contributed by atoms with E-state index in [0.29, 0.717) is 19.3 Å². The maximum Gasteiger partial charge on any atom is 0.305 e. The van der Waals surface area contributed by atoms with Gasteiger partial charge < -0.3 is 14.6 Å². The monoisotopic (exact) mass is 669 g/mol. The van der Waals surface area contributed by atoms with Crippen LogP contribution in [0.4, 0.5) is 0 Å². The van der Waals surface area contributed by atoms with Crippen molar-refractivity contribution in [1.29, 1.82) is 0 Å². The van der Waals surface area contributed by atoms with Gasteiger partial charge in [0.1, 0.15) is 19.3 Å². The molecule has 0 unspecified atom stereocenters. The van der Waals surface area contributed by atoms with E-state index in [-0.39, 0.29) is 25.2 Å². The van der Waals surface area contributed by atoms with Crippen LogP contribution in [0.15, 0.2) is 72.9 Å². The maximum atomic E-state index is 12.0. The van der Waals surface area contributed by atoms with Crippen molar-refractivity contribution in [2.24, 2.45) is 0 Å². The molecule has 0 aliphatic heterocycles. The highest BCUT2D eigenvalue weighted by Crippen LogP contribution is 2.11. The van der Waals surface area contributed by atoms with Gasteiger partial charge in [0.15, 0.2) is 0 Å². The standard InChI is InChI=1S/C43H72O5/c1-3-5-7-9-11-13-15-17-19-21-23-25-27-29-31-33-35-37-42(45)47-39-41(44)40-48-43(46)38-36-34-32-30-28-26-24-22-20-18-16-14-12-10-8-6-4-2/h11-14,17-20,23,25,29,31,41,44H,3-10,15-16,21-22,24,26-28,30,32-40H2,1-2H3/b13-11-,14-12-,19-17-,20-18-,25-23-,31-29-/t41-/m0/s1. The van der Waals surface area contributed by atoms with Gasteiger partial charge in [-0.1, -0.05) is 145 Å². The average Bonchev–Trinajstić information content (AvgIpc) is 3.09. The Balaban J connectivity index is 3.57. The molecule has 0 aromatic carbocycles. The summed E-state index contributed by atoms with van der Waals surface area (Å²) in [4.78, 5) is 23.9. The van der Waals surface area contributed by atoms with E-state index in [1.165, 1.54) is 77.0 Å². The molecule has 0 amide bonds. The van der Waals surface area contributed by atoms with Gasteiger partial charge in [-0.05, 0) is 83.5 Å². The molecule has 5 heteroatoms. The Hall–Kier alpha value is -2.66. The van der Waals surface area contributed by atoms with Gasteiger partial charge in [0.05, 0.1) is 0 Å². The zero-order valence-corrected chi connectivity index (χ0v) is 31.0. The minimum absolute atomic E-state index is 0.141. The Bertz CT molecular complexity index is 895. The van der Waals surface area contributed by atoms with Crippen LogP contribution in [0, 0.1) is 0 Å². The van der Waals surface area contributed by atoms with Crippen molar-refractivity contribution in [2.45, 2.75) is 174 Å². The molecule has 48 heavy (non-hydrogen) atoms. The minimum atomic E-state index is -0.992. The molecule has 0 saturated heterocycles. The molecule has 1 N–H and O–H groups in total. The van der Waals surface area contributed by atoms with Crippen molar-refractivity contribution in [3.8, 4) is 0 Å². The second-order valence-electron chi connectivity index (χ2n) is 12.7. The first-order valence-electron chi connectivity index (χ1n) is 19.5. The van der Waals surface area contributed by atoms with E-state index in [1.54, 1.807) is 0 Å². The van der Waals surface area contributed by atoms with Gasteiger partial charge in [0.2, 0.25) is 0 Å². The third kappa shape index (κ3) is 37.8. The molecule has 0 bridgehead atoms. The number of rotatable bonds is 34. The minimum Gasteiger partial charge on any atom is -0.463 e. The summed E-state index contributed by atoms with van der Waals surface area (Å²) >= 11 is 0. The molecule has 0 aromatic rings. The zero-order valence-electron chi connectivity index (χ0n) is 31.0. The first-order valence-corrected chi connectivity index (χ1v) is 19.5. The van der Waals surface area contributed by atoms with Crippen LogP contribution in [0.5, 0.6) is 0 Å². The van der Waals surface area contributed by atoms with Crippen LogP contribution in [0.2, 0.25) is 0 Å². The average molecular weight is 669 g/mol. The molecule has 274 valence electrons. The largest absolute Gasteiger partial charge is 0.463 e. The Morgan fingerprint density at radius 3 is 1.17 bits per heavy atom. The lowest BCUT2D eigenvalue weighted by Crippen LogP contribution is -2.25. The number of carbonyl (C=O) groups is 2. The Kier molecular flexibility index (Phi) is 36.6. The van der Waals surface area contributed by atoms with Gasteiger partial charge in [-0.15, -0.1) is 0 Å². The van der Waals surface area contributed by atoms with Gasteiger partial charge >= 0.3 is 11.9 Å². The first kappa shape index (κ1) is 45.3. The molecule has 0 spiro atoms. The summed E-state index contributed by atoms with van der Waals surface area (Å²) in [5.74, 6) is -0.643. The Morgan fingerprint density at radius 2 is 0.750 bits per heavy atom. The molecule has 1 atom stereocenters. The zero-order chi connectivity index (χ0) is 35.0. The molecular formula is C43H72O5. The van der Waals surface area contributed by atoms with E-state index in [9.17, 15) is 14.7 Å². The SMILES string of the molecule is CCCCC/C=C\C/C=C\C/C=C\C/C=C\CCCC(=O)OC[C@H](O)COC(=O)CCCCCCCCC/C=C\C/C=C\CCCCC. The fourth-order valence-corrected chi connectivity index (χ4v) is 4.93. The quantitative estimate of drug-likeness (QED) is 0.0420. The van der Waals surface area contributed by atoms with Crippen LogP contribution in [0.1, 0.15) is 168 Å². The highest BCUT2D eigenvalue weighted by Gasteiger charge is 2.11. The molecule has 0 aliphatic rings. The summed E-state index contributed by atoms with van der Waals surface area (Å²) in [6.07, 6.45) is 50.9. The highest BCUT2D eigenvalue weighted by molar-refractivity contribution is 5.69. The van der Waals surface area contributed by atoms with Crippen molar-refractivity contribution in [1.82, 2.24) is 0 Å². The molecule has 0 heterocycles. The van der Waals surface area contributed by atoms with Crippen LogP contribution in [0.25, 0.3) is 0 Å². The summed E-state index contributed by atoms with van der Waals surface area (Å²) in [5, 5.41) is 10.0. The number of aliphatic hydroxyl groups excluding tert-OH is 1. The summed E-state index contributed by atoms with van der Waals surface area (Å²) in [6.45, 7) is 4.18. The molecule has 0 aromatic heterocycles. The number of hydrogen-bond acceptors (Lipinski definition) is 5. The van der Waals surface area contributed by atoms with E-state index in [2.05, 4.69) is 86.8 Å². The number of aliphatic hydroxyl groups is 1. The molecular weight excluding hydrogens is 596 g/mol. The van der Waals surface area contributed by atoms with E-state index in [0.717, 1.165) is 57.8 Å². The van der Waals surface area contributed by atoms with Crippen molar-refractivity contribution in [2.75, 3.05) is 13.2 Å². The van der Waals surface area contributed by atoms with Crippen LogP contribution in [-0.4, -0.2) is 36.4 Å². The van der Waals surface area contributed by atoms with Crippen molar-refractivity contribution in [3.63, 3.8) is 0 Å². The molecule has 0 saturated carbocycles. The number of allylic oxidation sites excluding steroid dienone is 12. The molecule has 0 rings (SSSR count). The smallest absolute Gasteiger partial charge is 0.305 e. The van der Waals surface area contributed by atoms with E-state index in [4.69, 9.17) is 9.47 Å². The van der Waals surface area contributed by atoms with Gasteiger partial charge in [-0.3, -0.25) is 9.59 Å². The fourth-order valence-electron chi connectivity index (χ4n) is 4.93. The Morgan fingerprint density at radius 1 is 0.438 bits per heavy atom. The Labute approximate surface area is 295 Å². The van der Waals surface area contributed by atoms with Crippen LogP contribution < -0.4 is 0 Å². The first-order chi connectivity index (χ1) is 23.6. The van der Waals surface area contributed by atoms with Crippen molar-refractivity contribution in [3.05, 3.63) is 72.9 Å². The van der Waals surface area contributed by atoms with Crippen molar-refractivity contribution < 1.29 is 24.2 Å². The third-order valence-corrected chi connectivity index (χ3v) is 7.91. The summed E-state index contributed by atoms with van der Waals surface area (Å²) in [5.41, 5.74) is 0. The number of hydrogen-bond donors (Lipinski definition) is 1. The lowest BCUT2D eigenvalue weighted by Gasteiger charge is -2.12. The number of esters is 2. The lowest BCUT2D eigenvalue weighted by atomic mass is 10.1. The van der Waals surface area contributed by atoms with Crippen LogP contribution >= 0.6 is 0 Å². The van der Waals surface area contributed by atoms with E-state index < -0.39 is 6.10 Å². The number of ether oxygens (including phenoxy) is 2. The molecule has 5 nitrogen and oxygen atoms in total. The molecule has 0 radical (unpaired) electrons. The fraction of sp³-hybridized carbons (Fsp3) is 0.674. The second kappa shape index (κ2) is 38.8. The van der Waals surface area contributed by atoms with Gasteiger partial charge in [0.25, 0.3) is 0 Å². The van der Waals surface area contributed by atoms with Gasteiger partial charge in [-0.2, -0.15) is 0 Å². The summed E-state index contributed by atoms with van der Waals surface area (Å²) in [7, 11) is 0. The number of unbranched alkanes of at least 4 members (excludes halogenated alkanes) is 14. The second-order valence-corrected chi connectivity index (χ2v) is 12.7. The molecule has 0 fully saturated rings. The number of carbonyl (C=O) groups excluding carboxylic acids is 2. The van der Waals surface area contributed by atoms with Crippen molar-refractivity contribution >= 4 is 11.9 Å². The third-order valence-electron chi connectivity index (χ3n) is 7.91. The predicted octanol–water partition coefficient (Wildman–Crippen LogP) is 12.2. The maximum absolute atomic E-state index is 12.0. The molecule has 0 aliphatic carbocycles. The summed E-state index contributed by atoms with van der Waals surface area (Å²) in [6, 6.07) is 0. The van der Waals surface area contributed by atoms with E-state index >= 15 is 0 Å². The summed E-state index contributed by atoms with van der Waals surface area (Å²) < 4.78 is 10.3. The van der Waals surface area contributed by atoms with Crippen LogP contribution in [0.3, 0.4) is 0 Å². The topological polar surface area (TPSA) is 72.8 Å². The van der Waals surface area contributed by atoms with Gasteiger partial charge in [-0.25, -0.2) is 0 Å². The normalized spacial score (nSPS) is 13.0. The van der Waals surface area contributed by atoms with Crippen LogP contribution in [-0.2, 0) is 19.1 Å². The van der Waals surface area contributed by atoms with Gasteiger partial charge in [0, 0.05) is 12.8 Å².